The van der Waals surface area contributed by atoms with Gasteiger partial charge in [-0.15, -0.1) is 0 Å². The maximum Gasteiger partial charge on any atom is 0.352 e. The molecule has 4 rings (SSSR count). The number of aromatic nitrogens is 3. The fraction of sp³-hybridized carbons (Fsp3) is 0.429. The van der Waals surface area contributed by atoms with Gasteiger partial charge in [-0.2, -0.15) is 18.8 Å². The predicted octanol–water partition coefficient (Wildman–Crippen LogP) is 5.77. The van der Waals surface area contributed by atoms with Crippen LogP contribution in [0.15, 0.2) is 35.5 Å². The van der Waals surface area contributed by atoms with E-state index < -0.39 is 53.6 Å². The maximum absolute atomic E-state index is 14.5. The van der Waals surface area contributed by atoms with Gasteiger partial charge >= 0.3 is 12.3 Å². The lowest BCUT2D eigenvalue weighted by Gasteiger charge is -2.22. The van der Waals surface area contributed by atoms with Gasteiger partial charge in [-0.25, -0.2) is 22.5 Å². The number of halogens is 7. The highest BCUT2D eigenvalue weighted by molar-refractivity contribution is 6.32. The van der Waals surface area contributed by atoms with Crippen molar-refractivity contribution in [3.8, 4) is 23.3 Å². The molecule has 1 atom stereocenters. The highest BCUT2D eigenvalue weighted by atomic mass is 35.5. The minimum absolute atomic E-state index is 0.0164. The molecule has 0 spiro atoms. The molecule has 0 amide bonds. The quantitative estimate of drug-likeness (QED) is 0.104. The Morgan fingerprint density at radius 1 is 1.22 bits per heavy atom. The number of hydrogen-bond acceptors (Lipinski definition) is 8. The van der Waals surface area contributed by atoms with Crippen LogP contribution in [0.1, 0.15) is 53.8 Å². The minimum atomic E-state index is -5.01. The molecule has 0 radical (unpaired) electrons. The van der Waals surface area contributed by atoms with Crippen molar-refractivity contribution in [1.82, 2.24) is 9.55 Å². The second-order valence-electron chi connectivity index (χ2n) is 9.80. The van der Waals surface area contributed by atoms with Crippen molar-refractivity contribution in [3.05, 3.63) is 79.4 Å². The van der Waals surface area contributed by atoms with Crippen LogP contribution in [-0.2, 0) is 21.9 Å². The van der Waals surface area contributed by atoms with Crippen LogP contribution >= 0.6 is 11.6 Å². The third-order valence-electron chi connectivity index (χ3n) is 6.71. The number of ether oxygens (including phenoxy) is 4. The zero-order chi connectivity index (χ0) is 32.9. The van der Waals surface area contributed by atoms with E-state index in [4.69, 9.17) is 30.5 Å². The largest absolute Gasteiger partial charge is 0.618 e. The van der Waals surface area contributed by atoms with E-state index in [1.54, 1.807) is 6.07 Å². The summed E-state index contributed by atoms with van der Waals surface area (Å²) in [5.41, 5.74) is -4.69. The molecule has 1 aliphatic heterocycles. The van der Waals surface area contributed by atoms with Gasteiger partial charge in [0, 0.05) is 23.8 Å². The van der Waals surface area contributed by atoms with Crippen LogP contribution < -0.4 is 19.8 Å². The van der Waals surface area contributed by atoms with Gasteiger partial charge in [-0.05, 0) is 38.3 Å². The molecule has 1 saturated heterocycles. The minimum Gasteiger partial charge on any atom is -0.618 e. The van der Waals surface area contributed by atoms with Crippen LogP contribution in [0.3, 0.4) is 0 Å². The van der Waals surface area contributed by atoms with E-state index in [1.807, 2.05) is 0 Å². The standard InChI is InChI=1S/C28H25ClF6N4O6/c1-15-17(11-36)8-16(25(30)31)9-20(15)45-23-24(28(34,35)27(32)33)37-14-38(26(23)40)12-18-10-19(29)21(13-39(18)41)42-6-7-44-22-4-2-3-5-43-22/h8-10,13-14,22,25,27H,2-7,12H2,1H3. The lowest BCUT2D eigenvalue weighted by Crippen LogP contribution is -2.36. The number of alkyl halides is 6. The van der Waals surface area contributed by atoms with E-state index in [0.29, 0.717) is 23.6 Å². The third-order valence-corrected chi connectivity index (χ3v) is 7.01. The maximum atomic E-state index is 14.5. The molecular formula is C28H25ClF6N4O6. The van der Waals surface area contributed by atoms with Gasteiger partial charge in [0.2, 0.25) is 23.4 Å². The molecule has 0 N–H and O–H groups in total. The summed E-state index contributed by atoms with van der Waals surface area (Å²) in [6.45, 7) is 1.30. The molecule has 1 aliphatic rings. The molecule has 1 fully saturated rings. The monoisotopic (exact) mass is 662 g/mol. The fourth-order valence-electron chi connectivity index (χ4n) is 4.28. The molecule has 2 aromatic heterocycles. The number of nitriles is 1. The summed E-state index contributed by atoms with van der Waals surface area (Å²) in [4.78, 5) is 16.6. The molecular weight excluding hydrogens is 638 g/mol. The Kier molecular flexibility index (Phi) is 10.8. The molecule has 3 aromatic rings. The molecule has 1 aromatic carbocycles. The first-order chi connectivity index (χ1) is 21.3. The Hall–Kier alpha value is -4.07. The first-order valence-electron chi connectivity index (χ1n) is 13.4. The third kappa shape index (κ3) is 7.78. The van der Waals surface area contributed by atoms with E-state index >= 15 is 0 Å². The molecule has 242 valence electrons. The number of pyridine rings is 1. The van der Waals surface area contributed by atoms with Gasteiger partial charge in [0.05, 0.1) is 29.6 Å². The molecule has 1 unspecified atom stereocenters. The Morgan fingerprint density at radius 3 is 2.62 bits per heavy atom. The second kappa shape index (κ2) is 14.4. The van der Waals surface area contributed by atoms with E-state index in [2.05, 4.69) is 4.98 Å². The zero-order valence-corrected chi connectivity index (χ0v) is 24.2. The van der Waals surface area contributed by atoms with Crippen molar-refractivity contribution in [2.75, 3.05) is 19.8 Å². The van der Waals surface area contributed by atoms with Gasteiger partial charge in [0.1, 0.15) is 18.9 Å². The Balaban J connectivity index is 1.63. The highest BCUT2D eigenvalue weighted by Crippen LogP contribution is 2.40. The van der Waals surface area contributed by atoms with Gasteiger partial charge in [-0.1, -0.05) is 11.6 Å². The van der Waals surface area contributed by atoms with Crippen LogP contribution in [0, 0.1) is 23.5 Å². The number of nitrogens with zero attached hydrogens (tertiary/aromatic N) is 4. The SMILES string of the molecule is Cc1c(C#N)cc(C(F)F)cc1Oc1c(C(F)(F)C(F)F)ncn(Cc2cc(Cl)c(OCCOC3CCCCO3)c[n+]2[O-])c1=O. The summed E-state index contributed by atoms with van der Waals surface area (Å²) in [7, 11) is 0. The topological polar surface area (TPSA) is 123 Å². The lowest BCUT2D eigenvalue weighted by molar-refractivity contribution is -0.614. The van der Waals surface area contributed by atoms with E-state index in [9.17, 15) is 41.6 Å². The van der Waals surface area contributed by atoms with Gasteiger partial charge < -0.3 is 24.2 Å². The highest BCUT2D eigenvalue weighted by Gasteiger charge is 2.48. The average Bonchev–Trinajstić information content (AvgIpc) is 3.00. The van der Waals surface area contributed by atoms with Gasteiger partial charge in [0.15, 0.2) is 12.0 Å². The van der Waals surface area contributed by atoms with Crippen LogP contribution in [-0.4, -0.2) is 42.1 Å². The summed E-state index contributed by atoms with van der Waals surface area (Å²) in [6.07, 6.45) is -3.73. The first-order valence-corrected chi connectivity index (χ1v) is 13.7. The van der Waals surface area contributed by atoms with Crippen molar-refractivity contribution < 1.29 is 50.0 Å². The smallest absolute Gasteiger partial charge is 0.352 e. The molecule has 17 heteroatoms. The van der Waals surface area contributed by atoms with Crippen LogP contribution in [0.25, 0.3) is 0 Å². The molecule has 10 nitrogen and oxygen atoms in total. The fourth-order valence-corrected chi connectivity index (χ4v) is 4.51. The Morgan fingerprint density at radius 2 is 1.98 bits per heavy atom. The summed E-state index contributed by atoms with van der Waals surface area (Å²) in [5.74, 6) is -7.11. The number of hydrogen-bond donors (Lipinski definition) is 0. The summed E-state index contributed by atoms with van der Waals surface area (Å²) >= 11 is 6.24. The van der Waals surface area contributed by atoms with Crippen molar-refractivity contribution in [2.24, 2.45) is 0 Å². The summed E-state index contributed by atoms with van der Waals surface area (Å²) in [5, 5.41) is 22.0. The Labute approximate surface area is 256 Å². The average molecular weight is 663 g/mol. The molecule has 0 bridgehead atoms. The van der Waals surface area contributed by atoms with Crippen molar-refractivity contribution in [3.63, 3.8) is 0 Å². The van der Waals surface area contributed by atoms with E-state index in [0.717, 1.165) is 37.6 Å². The zero-order valence-electron chi connectivity index (χ0n) is 23.5. The normalized spacial score (nSPS) is 15.4. The second-order valence-corrected chi connectivity index (χ2v) is 10.2. The van der Waals surface area contributed by atoms with Crippen molar-refractivity contribution in [1.29, 1.82) is 5.26 Å². The van der Waals surface area contributed by atoms with Crippen molar-refractivity contribution in [2.45, 2.75) is 57.8 Å². The van der Waals surface area contributed by atoms with Crippen LogP contribution in [0.4, 0.5) is 26.3 Å². The Bertz CT molecular complexity index is 1630. The summed E-state index contributed by atoms with van der Waals surface area (Å²) in [6, 6.07) is 4.26. The van der Waals surface area contributed by atoms with Crippen LogP contribution in [0.2, 0.25) is 5.02 Å². The molecule has 45 heavy (non-hydrogen) atoms. The van der Waals surface area contributed by atoms with Crippen molar-refractivity contribution >= 4 is 11.6 Å². The summed E-state index contributed by atoms with van der Waals surface area (Å²) < 4.78 is 105. The lowest BCUT2D eigenvalue weighted by atomic mass is 10.0. The van der Waals surface area contributed by atoms with E-state index in [-0.39, 0.29) is 51.8 Å². The molecule has 0 aliphatic carbocycles. The molecule has 0 saturated carbocycles. The number of benzene rings is 1. The van der Waals surface area contributed by atoms with Crippen LogP contribution in [0.5, 0.6) is 17.2 Å². The first kappa shape index (κ1) is 33.8. The van der Waals surface area contributed by atoms with Gasteiger partial charge in [-0.3, -0.25) is 9.36 Å². The van der Waals surface area contributed by atoms with E-state index in [1.165, 1.54) is 6.92 Å². The van der Waals surface area contributed by atoms with Gasteiger partial charge in [0.25, 0.3) is 12.0 Å². The predicted molar refractivity (Wildman–Crippen MR) is 144 cm³/mol. The number of rotatable bonds is 12. The molecule has 3 heterocycles.